The van der Waals surface area contributed by atoms with Gasteiger partial charge in [0.2, 0.25) is 0 Å². The number of aromatic nitrogens is 1. The van der Waals surface area contributed by atoms with Gasteiger partial charge in [-0.3, -0.25) is 0 Å². The number of benzene rings is 2. The van der Waals surface area contributed by atoms with E-state index in [0.717, 1.165) is 11.8 Å². The van der Waals surface area contributed by atoms with Gasteiger partial charge in [0, 0.05) is 24.4 Å². The summed E-state index contributed by atoms with van der Waals surface area (Å²) in [5.74, 6) is -1.54. The second kappa shape index (κ2) is 5.76. The highest BCUT2D eigenvalue weighted by molar-refractivity contribution is 7.90. The van der Waals surface area contributed by atoms with Crippen LogP contribution in [0.4, 0.5) is 4.39 Å². The Balaban J connectivity index is 2.04. The van der Waals surface area contributed by atoms with Gasteiger partial charge in [-0.1, -0.05) is 12.1 Å². The Bertz CT molecular complexity index is 1040. The van der Waals surface area contributed by atoms with Crippen molar-refractivity contribution in [1.82, 2.24) is 4.57 Å². The lowest BCUT2D eigenvalue weighted by Crippen LogP contribution is -2.01. The van der Waals surface area contributed by atoms with E-state index in [1.54, 1.807) is 16.7 Å². The molecule has 0 aliphatic carbocycles. The Morgan fingerprint density at radius 3 is 2.42 bits per heavy atom. The predicted octanol–water partition coefficient (Wildman–Crippen LogP) is 2.93. The molecule has 1 aromatic heterocycles. The molecule has 2 aromatic carbocycles. The average Bonchev–Trinajstić information content (AvgIpc) is 2.85. The van der Waals surface area contributed by atoms with Gasteiger partial charge in [-0.15, -0.1) is 0 Å². The molecule has 0 aliphatic rings. The van der Waals surface area contributed by atoms with Crippen molar-refractivity contribution in [3.63, 3.8) is 0 Å². The summed E-state index contributed by atoms with van der Waals surface area (Å²) in [7, 11) is -3.27. The second-order valence-electron chi connectivity index (χ2n) is 5.55. The number of carbonyl (C=O) groups is 1. The van der Waals surface area contributed by atoms with Crippen LogP contribution in [-0.4, -0.2) is 30.3 Å². The van der Waals surface area contributed by atoms with Gasteiger partial charge in [0.25, 0.3) is 0 Å². The van der Waals surface area contributed by atoms with Crippen LogP contribution in [0.15, 0.2) is 53.6 Å². The first kappa shape index (κ1) is 16.2. The third-order valence-corrected chi connectivity index (χ3v) is 4.91. The van der Waals surface area contributed by atoms with Crippen molar-refractivity contribution >= 4 is 26.7 Å². The van der Waals surface area contributed by atoms with Crippen molar-refractivity contribution < 1.29 is 22.7 Å². The zero-order valence-electron chi connectivity index (χ0n) is 12.7. The highest BCUT2D eigenvalue weighted by Crippen LogP contribution is 2.24. The van der Waals surface area contributed by atoms with Gasteiger partial charge >= 0.3 is 5.97 Å². The summed E-state index contributed by atoms with van der Waals surface area (Å²) in [5.41, 5.74) is 1.35. The zero-order chi connectivity index (χ0) is 17.5. The van der Waals surface area contributed by atoms with Crippen molar-refractivity contribution in [2.45, 2.75) is 11.4 Å². The van der Waals surface area contributed by atoms with E-state index in [0.29, 0.717) is 17.4 Å². The minimum Gasteiger partial charge on any atom is -0.478 e. The van der Waals surface area contributed by atoms with Crippen LogP contribution in [0.1, 0.15) is 15.9 Å². The first-order valence-corrected chi connectivity index (χ1v) is 8.95. The Morgan fingerprint density at radius 2 is 1.83 bits per heavy atom. The standard InChI is InChI=1S/C17H14FNO4S/c1-24(22,23)13-5-2-11(3-6-13)9-19-10-15(17(20)21)14-7-4-12(18)8-16(14)19/h2-8,10H,9H2,1H3,(H,20,21). The fourth-order valence-electron chi connectivity index (χ4n) is 2.61. The van der Waals surface area contributed by atoms with Gasteiger partial charge in [0.15, 0.2) is 9.84 Å². The number of hydrogen-bond acceptors (Lipinski definition) is 3. The number of rotatable bonds is 4. The van der Waals surface area contributed by atoms with Crippen LogP contribution >= 0.6 is 0 Å². The number of fused-ring (bicyclic) bond motifs is 1. The zero-order valence-corrected chi connectivity index (χ0v) is 13.5. The number of halogens is 1. The first-order valence-electron chi connectivity index (χ1n) is 7.06. The van der Waals surface area contributed by atoms with Crippen molar-refractivity contribution in [3.8, 4) is 0 Å². The summed E-state index contributed by atoms with van der Waals surface area (Å²) in [6.07, 6.45) is 2.58. The molecule has 1 N–H and O–H groups in total. The molecule has 0 fully saturated rings. The van der Waals surface area contributed by atoms with Gasteiger partial charge in [-0.2, -0.15) is 0 Å². The van der Waals surface area contributed by atoms with E-state index >= 15 is 0 Å². The maximum atomic E-state index is 13.5. The fourth-order valence-corrected chi connectivity index (χ4v) is 3.24. The molecular formula is C17H14FNO4S. The summed E-state index contributed by atoms with van der Waals surface area (Å²) in [6.45, 7) is 0.303. The van der Waals surface area contributed by atoms with Gasteiger partial charge in [0.05, 0.1) is 16.0 Å². The van der Waals surface area contributed by atoms with Crippen LogP contribution in [0.5, 0.6) is 0 Å². The summed E-state index contributed by atoms with van der Waals surface area (Å²) >= 11 is 0. The molecule has 3 aromatic rings. The van der Waals surface area contributed by atoms with E-state index in [2.05, 4.69) is 0 Å². The Hall–Kier alpha value is -2.67. The molecule has 0 aliphatic heterocycles. The van der Waals surface area contributed by atoms with Crippen molar-refractivity contribution in [3.05, 3.63) is 65.6 Å². The maximum absolute atomic E-state index is 13.5. The van der Waals surface area contributed by atoms with Gasteiger partial charge in [-0.25, -0.2) is 17.6 Å². The van der Waals surface area contributed by atoms with Crippen LogP contribution in [0.25, 0.3) is 10.9 Å². The van der Waals surface area contributed by atoms with Crippen LogP contribution in [0.3, 0.4) is 0 Å². The maximum Gasteiger partial charge on any atom is 0.337 e. The highest BCUT2D eigenvalue weighted by Gasteiger charge is 2.15. The fraction of sp³-hybridized carbons (Fsp3) is 0.118. The van der Waals surface area contributed by atoms with E-state index in [1.807, 2.05) is 0 Å². The third-order valence-electron chi connectivity index (χ3n) is 3.78. The quantitative estimate of drug-likeness (QED) is 0.787. The minimum atomic E-state index is -3.27. The van der Waals surface area contributed by atoms with Crippen molar-refractivity contribution in [2.24, 2.45) is 0 Å². The van der Waals surface area contributed by atoms with E-state index < -0.39 is 21.6 Å². The molecule has 0 unspecified atom stereocenters. The molecule has 0 spiro atoms. The minimum absolute atomic E-state index is 0.0951. The number of hydrogen-bond donors (Lipinski definition) is 1. The van der Waals surface area contributed by atoms with E-state index in [1.165, 1.54) is 36.5 Å². The third kappa shape index (κ3) is 3.03. The Labute approximate surface area is 137 Å². The molecule has 7 heteroatoms. The lowest BCUT2D eigenvalue weighted by Gasteiger charge is -2.07. The molecule has 0 amide bonds. The smallest absolute Gasteiger partial charge is 0.337 e. The molecule has 0 bridgehead atoms. The molecule has 124 valence electrons. The van der Waals surface area contributed by atoms with Crippen LogP contribution in [0, 0.1) is 5.82 Å². The molecule has 0 radical (unpaired) electrons. The first-order chi connectivity index (χ1) is 11.3. The Kier molecular flexibility index (Phi) is 3.88. The van der Waals surface area contributed by atoms with Gasteiger partial charge < -0.3 is 9.67 Å². The highest BCUT2D eigenvalue weighted by atomic mass is 32.2. The van der Waals surface area contributed by atoms with Crippen LogP contribution < -0.4 is 0 Å². The predicted molar refractivity (Wildman–Crippen MR) is 87.5 cm³/mol. The lowest BCUT2D eigenvalue weighted by molar-refractivity contribution is 0.0698. The molecule has 0 saturated heterocycles. The summed E-state index contributed by atoms with van der Waals surface area (Å²) < 4.78 is 38.1. The number of carboxylic acid groups (broad SMARTS) is 1. The van der Waals surface area contributed by atoms with Gasteiger partial charge in [0.1, 0.15) is 5.82 Å². The summed E-state index contributed by atoms with van der Waals surface area (Å²) in [5, 5.41) is 9.74. The van der Waals surface area contributed by atoms with E-state index in [4.69, 9.17) is 0 Å². The number of carboxylic acids is 1. The number of sulfone groups is 1. The molecule has 0 atom stereocenters. The van der Waals surface area contributed by atoms with Crippen LogP contribution in [0.2, 0.25) is 0 Å². The van der Waals surface area contributed by atoms with Crippen molar-refractivity contribution in [1.29, 1.82) is 0 Å². The normalized spacial score (nSPS) is 11.8. The van der Waals surface area contributed by atoms with Gasteiger partial charge in [-0.05, 0) is 35.9 Å². The topological polar surface area (TPSA) is 76.4 Å². The number of aromatic carboxylic acids is 1. The SMILES string of the molecule is CS(=O)(=O)c1ccc(Cn2cc(C(=O)O)c3ccc(F)cc32)cc1. The average molecular weight is 347 g/mol. The Morgan fingerprint density at radius 1 is 1.17 bits per heavy atom. The monoisotopic (exact) mass is 347 g/mol. The summed E-state index contributed by atoms with van der Waals surface area (Å²) in [4.78, 5) is 11.6. The largest absolute Gasteiger partial charge is 0.478 e. The molecule has 0 saturated carbocycles. The van der Waals surface area contributed by atoms with Crippen molar-refractivity contribution in [2.75, 3.05) is 6.26 Å². The second-order valence-corrected chi connectivity index (χ2v) is 7.57. The number of nitrogens with zero attached hydrogens (tertiary/aromatic N) is 1. The van der Waals surface area contributed by atoms with Crippen LogP contribution in [-0.2, 0) is 16.4 Å². The molecule has 3 rings (SSSR count). The molecule has 5 nitrogen and oxygen atoms in total. The lowest BCUT2D eigenvalue weighted by atomic mass is 10.2. The molecule has 24 heavy (non-hydrogen) atoms. The molecular weight excluding hydrogens is 333 g/mol. The summed E-state index contributed by atoms with van der Waals surface area (Å²) in [6, 6.07) is 10.2. The van der Waals surface area contributed by atoms with E-state index in [-0.39, 0.29) is 10.5 Å². The van der Waals surface area contributed by atoms with E-state index in [9.17, 15) is 22.7 Å². The molecule has 1 heterocycles.